The van der Waals surface area contributed by atoms with Gasteiger partial charge in [0.15, 0.2) is 0 Å². The van der Waals surface area contributed by atoms with Crippen molar-refractivity contribution in [2.24, 2.45) is 0 Å². The van der Waals surface area contributed by atoms with Crippen LogP contribution in [0, 0.1) is 0 Å². The molecule has 0 amide bonds. The molecule has 0 N–H and O–H groups in total. The van der Waals surface area contributed by atoms with Gasteiger partial charge >= 0.3 is 0 Å². The minimum atomic E-state index is 0.938. The van der Waals surface area contributed by atoms with Crippen LogP contribution in [0.1, 0.15) is 0 Å². The predicted octanol–water partition coefficient (Wildman–Crippen LogP) is 5.34. The molecule has 0 radical (unpaired) electrons. The van der Waals surface area contributed by atoms with Gasteiger partial charge in [-0.3, -0.25) is 9.97 Å². The van der Waals surface area contributed by atoms with Crippen LogP contribution in [0.3, 0.4) is 0 Å². The van der Waals surface area contributed by atoms with Crippen molar-refractivity contribution in [3.8, 4) is 22.5 Å². The fourth-order valence-electron chi connectivity index (χ4n) is 1.98. The van der Waals surface area contributed by atoms with Gasteiger partial charge in [0.2, 0.25) is 0 Å². The minimum absolute atomic E-state index is 0.938. The first-order chi connectivity index (χ1) is 9.75. The molecule has 0 bridgehead atoms. The Hall–Kier alpha value is -1.52. The fraction of sp³-hybridized carbons (Fsp3) is 0. The zero-order valence-electron chi connectivity index (χ0n) is 10.4. The summed E-state index contributed by atoms with van der Waals surface area (Å²) in [6.07, 6.45) is 3.59. The van der Waals surface area contributed by atoms with Crippen molar-refractivity contribution >= 4 is 31.9 Å². The molecule has 0 aliphatic heterocycles. The molecule has 4 heteroatoms. The first-order valence-electron chi connectivity index (χ1n) is 6.07. The van der Waals surface area contributed by atoms with Crippen LogP contribution in [0.4, 0.5) is 0 Å². The highest BCUT2D eigenvalue weighted by atomic mass is 79.9. The van der Waals surface area contributed by atoms with Crippen molar-refractivity contribution in [1.82, 2.24) is 9.97 Å². The van der Waals surface area contributed by atoms with Crippen LogP contribution in [0.5, 0.6) is 0 Å². The SMILES string of the molecule is Brc1cc(-c2ccccn2)c(Br)cc1-c1ccccn1. The molecule has 1 aromatic carbocycles. The molecule has 2 aromatic heterocycles. The third-order valence-electron chi connectivity index (χ3n) is 2.94. The molecule has 2 heterocycles. The normalized spacial score (nSPS) is 10.5. The molecule has 0 atom stereocenters. The first-order valence-corrected chi connectivity index (χ1v) is 7.66. The molecule has 0 spiro atoms. The summed E-state index contributed by atoms with van der Waals surface area (Å²) in [6, 6.07) is 15.9. The Morgan fingerprint density at radius 3 is 1.45 bits per heavy atom. The van der Waals surface area contributed by atoms with Crippen molar-refractivity contribution in [1.29, 1.82) is 0 Å². The molecule has 20 heavy (non-hydrogen) atoms. The summed E-state index contributed by atoms with van der Waals surface area (Å²) < 4.78 is 2.00. The number of hydrogen-bond donors (Lipinski definition) is 0. The van der Waals surface area contributed by atoms with Crippen LogP contribution in [-0.2, 0) is 0 Å². The van der Waals surface area contributed by atoms with Crippen molar-refractivity contribution in [3.05, 3.63) is 69.9 Å². The minimum Gasteiger partial charge on any atom is -0.256 e. The maximum Gasteiger partial charge on any atom is 0.0713 e. The Morgan fingerprint density at radius 1 is 0.650 bits per heavy atom. The number of benzene rings is 1. The monoisotopic (exact) mass is 388 g/mol. The molecular formula is C16H10Br2N2. The zero-order chi connectivity index (χ0) is 13.9. The van der Waals surface area contributed by atoms with E-state index in [1.807, 2.05) is 36.4 Å². The van der Waals surface area contributed by atoms with Crippen LogP contribution in [0.2, 0.25) is 0 Å². The Kier molecular flexibility index (Phi) is 3.94. The summed E-state index contributed by atoms with van der Waals surface area (Å²) in [5.74, 6) is 0. The van der Waals surface area contributed by atoms with E-state index in [-0.39, 0.29) is 0 Å². The van der Waals surface area contributed by atoms with Gasteiger partial charge in [-0.2, -0.15) is 0 Å². The number of aromatic nitrogens is 2. The summed E-state index contributed by atoms with van der Waals surface area (Å²) in [6.45, 7) is 0. The molecule has 98 valence electrons. The van der Waals surface area contributed by atoms with Gasteiger partial charge in [0.1, 0.15) is 0 Å². The highest BCUT2D eigenvalue weighted by molar-refractivity contribution is 9.11. The van der Waals surface area contributed by atoms with Gasteiger partial charge in [0.05, 0.1) is 11.4 Å². The highest BCUT2D eigenvalue weighted by Crippen LogP contribution is 2.36. The standard InChI is InChI=1S/C16H10Br2N2/c17-13-10-12(16-6-2-4-8-20-16)14(18)9-11(13)15-5-1-3-7-19-15/h1-10H. The van der Waals surface area contributed by atoms with E-state index in [0.717, 1.165) is 31.5 Å². The smallest absolute Gasteiger partial charge is 0.0713 e. The molecular weight excluding hydrogens is 380 g/mol. The van der Waals surface area contributed by atoms with Crippen LogP contribution in [-0.4, -0.2) is 9.97 Å². The number of rotatable bonds is 2. The third kappa shape index (κ3) is 2.67. The molecule has 0 aliphatic carbocycles. The number of nitrogens with zero attached hydrogens (tertiary/aromatic N) is 2. The molecule has 0 unspecified atom stereocenters. The van der Waals surface area contributed by atoms with E-state index >= 15 is 0 Å². The average molecular weight is 390 g/mol. The molecule has 0 saturated carbocycles. The summed E-state index contributed by atoms with van der Waals surface area (Å²) in [4.78, 5) is 8.77. The van der Waals surface area contributed by atoms with Gasteiger partial charge in [-0.15, -0.1) is 0 Å². The number of pyridine rings is 2. The number of halogens is 2. The van der Waals surface area contributed by atoms with Crippen molar-refractivity contribution in [2.75, 3.05) is 0 Å². The second kappa shape index (κ2) is 5.85. The van der Waals surface area contributed by atoms with E-state index in [4.69, 9.17) is 0 Å². The molecule has 0 aliphatic rings. The molecule has 3 rings (SSSR count). The van der Waals surface area contributed by atoms with Crippen molar-refractivity contribution in [2.45, 2.75) is 0 Å². The first kappa shape index (κ1) is 13.5. The van der Waals surface area contributed by atoms with Gasteiger partial charge in [-0.25, -0.2) is 0 Å². The summed E-state index contributed by atoms with van der Waals surface area (Å²) in [5, 5.41) is 0. The highest BCUT2D eigenvalue weighted by Gasteiger charge is 2.11. The van der Waals surface area contributed by atoms with E-state index in [9.17, 15) is 0 Å². The van der Waals surface area contributed by atoms with Crippen molar-refractivity contribution in [3.63, 3.8) is 0 Å². The lowest BCUT2D eigenvalue weighted by Crippen LogP contribution is -1.88. The lowest BCUT2D eigenvalue weighted by atomic mass is 10.1. The largest absolute Gasteiger partial charge is 0.256 e. The average Bonchev–Trinajstić information content (AvgIpc) is 2.51. The van der Waals surface area contributed by atoms with E-state index in [2.05, 4.69) is 54.0 Å². The lowest BCUT2D eigenvalue weighted by molar-refractivity contribution is 1.30. The molecule has 3 aromatic rings. The fourth-order valence-corrected chi connectivity index (χ4v) is 3.08. The van der Waals surface area contributed by atoms with Gasteiger partial charge < -0.3 is 0 Å². The molecule has 0 fully saturated rings. The van der Waals surface area contributed by atoms with Gasteiger partial charge in [-0.1, -0.05) is 44.0 Å². The maximum absolute atomic E-state index is 4.39. The maximum atomic E-state index is 4.39. The van der Waals surface area contributed by atoms with Crippen LogP contribution in [0.15, 0.2) is 69.9 Å². The Balaban J connectivity index is 2.13. The Labute approximate surface area is 134 Å². The lowest BCUT2D eigenvalue weighted by Gasteiger charge is -2.09. The van der Waals surface area contributed by atoms with E-state index < -0.39 is 0 Å². The Morgan fingerprint density at radius 2 is 1.10 bits per heavy atom. The van der Waals surface area contributed by atoms with E-state index in [1.54, 1.807) is 12.4 Å². The predicted molar refractivity (Wildman–Crippen MR) is 88.3 cm³/mol. The van der Waals surface area contributed by atoms with Gasteiger partial charge in [-0.05, 0) is 36.4 Å². The summed E-state index contributed by atoms with van der Waals surface area (Å²) in [5.41, 5.74) is 3.98. The summed E-state index contributed by atoms with van der Waals surface area (Å²) >= 11 is 7.25. The van der Waals surface area contributed by atoms with E-state index in [0.29, 0.717) is 0 Å². The third-order valence-corrected chi connectivity index (χ3v) is 4.25. The number of hydrogen-bond acceptors (Lipinski definition) is 2. The second-order valence-electron chi connectivity index (χ2n) is 4.24. The Bertz CT molecular complexity index is 663. The van der Waals surface area contributed by atoms with E-state index in [1.165, 1.54) is 0 Å². The molecule has 2 nitrogen and oxygen atoms in total. The zero-order valence-corrected chi connectivity index (χ0v) is 13.6. The second-order valence-corrected chi connectivity index (χ2v) is 5.95. The van der Waals surface area contributed by atoms with Crippen LogP contribution < -0.4 is 0 Å². The topological polar surface area (TPSA) is 25.8 Å². The van der Waals surface area contributed by atoms with Gasteiger partial charge in [0, 0.05) is 32.5 Å². The quantitative estimate of drug-likeness (QED) is 0.591. The molecule has 0 saturated heterocycles. The van der Waals surface area contributed by atoms with Crippen LogP contribution >= 0.6 is 31.9 Å². The van der Waals surface area contributed by atoms with Gasteiger partial charge in [0.25, 0.3) is 0 Å². The summed E-state index contributed by atoms with van der Waals surface area (Å²) in [7, 11) is 0. The van der Waals surface area contributed by atoms with Crippen molar-refractivity contribution < 1.29 is 0 Å². The van der Waals surface area contributed by atoms with Crippen LogP contribution in [0.25, 0.3) is 22.5 Å².